The molecular formula is C15H22O2. The molecule has 2 heteroatoms. The van der Waals surface area contributed by atoms with Gasteiger partial charge in [-0.2, -0.15) is 0 Å². The molecular weight excluding hydrogens is 212 g/mol. The van der Waals surface area contributed by atoms with Crippen molar-refractivity contribution in [1.29, 1.82) is 0 Å². The summed E-state index contributed by atoms with van der Waals surface area (Å²) in [6.07, 6.45) is 6.64. The van der Waals surface area contributed by atoms with E-state index in [-0.39, 0.29) is 0 Å². The van der Waals surface area contributed by atoms with Crippen molar-refractivity contribution >= 4 is 0 Å². The molecule has 0 radical (unpaired) electrons. The highest BCUT2D eigenvalue weighted by Crippen LogP contribution is 2.34. The van der Waals surface area contributed by atoms with Crippen LogP contribution in [0.4, 0.5) is 0 Å². The van der Waals surface area contributed by atoms with Gasteiger partial charge in [-0.15, -0.1) is 0 Å². The van der Waals surface area contributed by atoms with Crippen LogP contribution in [-0.4, -0.2) is 16.3 Å². The molecule has 1 aliphatic rings. The van der Waals surface area contributed by atoms with E-state index in [1.165, 1.54) is 31.2 Å². The van der Waals surface area contributed by atoms with Crippen molar-refractivity contribution in [1.82, 2.24) is 0 Å². The summed E-state index contributed by atoms with van der Waals surface area (Å²) >= 11 is 0. The lowest BCUT2D eigenvalue weighted by molar-refractivity contribution is 0.194. The number of benzene rings is 1. The molecule has 1 fully saturated rings. The van der Waals surface area contributed by atoms with Crippen LogP contribution in [0.25, 0.3) is 0 Å². The van der Waals surface area contributed by atoms with Gasteiger partial charge in [-0.3, -0.25) is 0 Å². The highest BCUT2D eigenvalue weighted by atomic mass is 16.3. The first-order valence-electron chi connectivity index (χ1n) is 6.64. The largest absolute Gasteiger partial charge is 0.508 e. The van der Waals surface area contributed by atoms with Crippen molar-refractivity contribution in [2.24, 2.45) is 5.92 Å². The minimum Gasteiger partial charge on any atom is -0.508 e. The summed E-state index contributed by atoms with van der Waals surface area (Å²) in [6, 6.07) is 5.78. The van der Waals surface area contributed by atoms with E-state index in [1.807, 2.05) is 12.1 Å². The van der Waals surface area contributed by atoms with Crippen LogP contribution in [0.15, 0.2) is 18.2 Å². The number of aromatic hydroxyl groups is 1. The van der Waals surface area contributed by atoms with Gasteiger partial charge in [0.25, 0.3) is 0 Å². The van der Waals surface area contributed by atoms with Gasteiger partial charge in [0.1, 0.15) is 5.75 Å². The monoisotopic (exact) mass is 234 g/mol. The van der Waals surface area contributed by atoms with Crippen molar-refractivity contribution in [3.8, 4) is 5.75 Å². The Morgan fingerprint density at radius 2 is 2.12 bits per heavy atom. The van der Waals surface area contributed by atoms with Crippen LogP contribution in [0.5, 0.6) is 5.75 Å². The average Bonchev–Trinajstić information content (AvgIpc) is 3.06. The summed E-state index contributed by atoms with van der Waals surface area (Å²) < 4.78 is 0. The molecule has 0 heterocycles. The smallest absolute Gasteiger partial charge is 0.118 e. The van der Waals surface area contributed by atoms with Crippen LogP contribution in [0, 0.1) is 5.92 Å². The second kappa shape index (κ2) is 5.54. The Morgan fingerprint density at radius 1 is 1.35 bits per heavy atom. The van der Waals surface area contributed by atoms with E-state index >= 15 is 0 Å². The molecule has 1 atom stereocenters. The minimum atomic E-state index is -0.400. The Morgan fingerprint density at radius 3 is 2.76 bits per heavy atom. The Kier molecular flexibility index (Phi) is 4.06. The summed E-state index contributed by atoms with van der Waals surface area (Å²) in [5.41, 5.74) is 2.14. The third-order valence-corrected chi connectivity index (χ3v) is 3.43. The van der Waals surface area contributed by atoms with Gasteiger partial charge in [0.2, 0.25) is 0 Å². The predicted octanol–water partition coefficient (Wildman–Crippen LogP) is 3.05. The molecule has 0 amide bonds. The Balaban J connectivity index is 1.91. The van der Waals surface area contributed by atoms with E-state index in [0.717, 1.165) is 17.9 Å². The maximum atomic E-state index is 9.70. The van der Waals surface area contributed by atoms with Gasteiger partial charge in [-0.1, -0.05) is 31.4 Å². The van der Waals surface area contributed by atoms with Crippen LogP contribution >= 0.6 is 0 Å². The summed E-state index contributed by atoms with van der Waals surface area (Å²) in [4.78, 5) is 0. The predicted molar refractivity (Wildman–Crippen MR) is 69.2 cm³/mol. The molecule has 17 heavy (non-hydrogen) atoms. The summed E-state index contributed by atoms with van der Waals surface area (Å²) in [5, 5.41) is 19.1. The molecule has 1 aliphatic carbocycles. The van der Waals surface area contributed by atoms with Gasteiger partial charge < -0.3 is 10.2 Å². The molecule has 2 nitrogen and oxygen atoms in total. The standard InChI is InChI=1S/C15H22O2/c1-11(16)9-14-10-13(7-8-15(14)17)4-2-3-12-5-6-12/h7-8,10-12,16-17H,2-6,9H2,1H3. The third kappa shape index (κ3) is 4.04. The number of rotatable bonds is 6. The second-order valence-corrected chi connectivity index (χ2v) is 5.35. The topological polar surface area (TPSA) is 40.5 Å². The van der Waals surface area contributed by atoms with E-state index in [4.69, 9.17) is 0 Å². The summed E-state index contributed by atoms with van der Waals surface area (Å²) in [6.45, 7) is 1.75. The van der Waals surface area contributed by atoms with Crippen LogP contribution in [0.2, 0.25) is 0 Å². The van der Waals surface area contributed by atoms with Gasteiger partial charge >= 0.3 is 0 Å². The molecule has 0 spiro atoms. The molecule has 1 aromatic rings. The highest BCUT2D eigenvalue weighted by Gasteiger charge is 2.20. The fourth-order valence-corrected chi connectivity index (χ4v) is 2.28. The van der Waals surface area contributed by atoms with Gasteiger partial charge in [0, 0.05) is 6.42 Å². The van der Waals surface area contributed by atoms with E-state index in [1.54, 1.807) is 13.0 Å². The minimum absolute atomic E-state index is 0.303. The molecule has 0 bridgehead atoms. The fourth-order valence-electron chi connectivity index (χ4n) is 2.28. The first kappa shape index (κ1) is 12.4. The van der Waals surface area contributed by atoms with Crippen molar-refractivity contribution in [3.05, 3.63) is 29.3 Å². The van der Waals surface area contributed by atoms with E-state index in [2.05, 4.69) is 0 Å². The molecule has 1 saturated carbocycles. The van der Waals surface area contributed by atoms with Crippen LogP contribution in [0.1, 0.15) is 43.7 Å². The maximum absolute atomic E-state index is 9.70. The average molecular weight is 234 g/mol. The van der Waals surface area contributed by atoms with E-state index < -0.39 is 6.10 Å². The van der Waals surface area contributed by atoms with Gasteiger partial charge in [0.05, 0.1) is 6.10 Å². The van der Waals surface area contributed by atoms with Gasteiger partial charge in [-0.25, -0.2) is 0 Å². The lowest BCUT2D eigenvalue weighted by atomic mass is 10.0. The maximum Gasteiger partial charge on any atom is 0.118 e. The molecule has 2 N–H and O–H groups in total. The first-order valence-corrected chi connectivity index (χ1v) is 6.64. The van der Waals surface area contributed by atoms with Crippen LogP contribution in [0.3, 0.4) is 0 Å². The van der Waals surface area contributed by atoms with E-state index in [9.17, 15) is 10.2 Å². The lowest BCUT2D eigenvalue weighted by Crippen LogP contribution is -2.04. The number of hydrogen-bond acceptors (Lipinski definition) is 2. The number of hydrogen-bond donors (Lipinski definition) is 2. The lowest BCUT2D eigenvalue weighted by Gasteiger charge is -2.09. The zero-order chi connectivity index (χ0) is 12.3. The third-order valence-electron chi connectivity index (χ3n) is 3.43. The number of aliphatic hydroxyl groups is 1. The Hall–Kier alpha value is -1.02. The number of phenolic OH excluding ortho intramolecular Hbond substituents is 1. The number of phenols is 1. The molecule has 1 unspecified atom stereocenters. The Bertz CT molecular complexity index is 367. The van der Waals surface area contributed by atoms with Gasteiger partial charge in [0.15, 0.2) is 0 Å². The first-order chi connectivity index (χ1) is 8.15. The fraction of sp³-hybridized carbons (Fsp3) is 0.600. The van der Waals surface area contributed by atoms with Crippen LogP contribution < -0.4 is 0 Å². The van der Waals surface area contributed by atoms with Crippen LogP contribution in [-0.2, 0) is 12.8 Å². The zero-order valence-corrected chi connectivity index (χ0v) is 10.5. The summed E-state index contributed by atoms with van der Waals surface area (Å²) in [5.74, 6) is 1.29. The number of aliphatic hydroxyl groups excluding tert-OH is 1. The number of aryl methyl sites for hydroxylation is 1. The SMILES string of the molecule is CC(O)Cc1cc(CCCC2CC2)ccc1O. The normalized spacial score (nSPS) is 17.1. The molecule has 0 aromatic heterocycles. The highest BCUT2D eigenvalue weighted by molar-refractivity contribution is 5.36. The van der Waals surface area contributed by atoms with Crippen molar-refractivity contribution in [2.75, 3.05) is 0 Å². The van der Waals surface area contributed by atoms with E-state index in [0.29, 0.717) is 12.2 Å². The second-order valence-electron chi connectivity index (χ2n) is 5.35. The molecule has 2 rings (SSSR count). The Labute approximate surface area is 103 Å². The van der Waals surface area contributed by atoms with Crippen molar-refractivity contribution in [3.63, 3.8) is 0 Å². The van der Waals surface area contributed by atoms with Crippen molar-refractivity contribution in [2.45, 2.75) is 51.6 Å². The van der Waals surface area contributed by atoms with Gasteiger partial charge in [-0.05, 0) is 42.9 Å². The van der Waals surface area contributed by atoms with Crippen molar-refractivity contribution < 1.29 is 10.2 Å². The molecule has 0 saturated heterocycles. The quantitative estimate of drug-likeness (QED) is 0.794. The molecule has 94 valence electrons. The zero-order valence-electron chi connectivity index (χ0n) is 10.5. The summed E-state index contributed by atoms with van der Waals surface area (Å²) in [7, 11) is 0. The molecule has 1 aromatic carbocycles. The molecule has 0 aliphatic heterocycles.